The summed E-state index contributed by atoms with van der Waals surface area (Å²) < 4.78 is 15.5. The van der Waals surface area contributed by atoms with Gasteiger partial charge in [0.2, 0.25) is 11.8 Å². The summed E-state index contributed by atoms with van der Waals surface area (Å²) in [5.74, 6) is -2.18. The Balaban J connectivity index is 1.50. The third-order valence-electron chi connectivity index (χ3n) is 6.12. The summed E-state index contributed by atoms with van der Waals surface area (Å²) in [6.07, 6.45) is 5.39. The normalized spacial score (nSPS) is 11.1. The lowest BCUT2D eigenvalue weighted by atomic mass is 10.0. The van der Waals surface area contributed by atoms with Gasteiger partial charge in [-0.05, 0) is 43.2 Å². The van der Waals surface area contributed by atoms with Gasteiger partial charge in [0.25, 0.3) is 5.91 Å². The predicted molar refractivity (Wildman–Crippen MR) is 143 cm³/mol. The molecule has 0 fully saturated rings. The molecule has 0 aliphatic rings. The standard InChI is InChI=1S/C27H27ClFN7O3/c1-16(2)35(13-23(37)33-12-19-4-3-5-21(28)25(19)29)24(38)14-36-22-7-6-17(8-18-10-31-15-32-11-18)9-20(22)26(34-36)27(30)39/h3-7,9-11,15-16H,8,12-14H2,1-2H3,(H2,30,39)(H,33,37). The highest BCUT2D eigenvalue weighted by Gasteiger charge is 2.23. The van der Waals surface area contributed by atoms with Crippen LogP contribution < -0.4 is 11.1 Å². The number of carbonyl (C=O) groups excluding carboxylic acids is 3. The van der Waals surface area contributed by atoms with Crippen molar-refractivity contribution < 1.29 is 18.8 Å². The fraction of sp³-hybridized carbons (Fsp3) is 0.259. The summed E-state index contributed by atoms with van der Waals surface area (Å²) >= 11 is 5.80. The van der Waals surface area contributed by atoms with Crippen LogP contribution >= 0.6 is 11.6 Å². The molecular weight excluding hydrogens is 525 g/mol. The molecule has 0 bridgehead atoms. The molecule has 0 radical (unpaired) electrons. The number of benzene rings is 2. The largest absolute Gasteiger partial charge is 0.364 e. The lowest BCUT2D eigenvalue weighted by molar-refractivity contribution is -0.138. The molecule has 3 N–H and O–H groups in total. The highest BCUT2D eigenvalue weighted by atomic mass is 35.5. The van der Waals surface area contributed by atoms with Gasteiger partial charge in [-0.1, -0.05) is 29.8 Å². The number of carbonyl (C=O) groups is 3. The third kappa shape index (κ3) is 6.55. The van der Waals surface area contributed by atoms with Crippen molar-refractivity contribution in [3.63, 3.8) is 0 Å². The molecule has 0 saturated carbocycles. The lowest BCUT2D eigenvalue weighted by Gasteiger charge is -2.26. The van der Waals surface area contributed by atoms with Crippen LogP contribution in [-0.2, 0) is 29.1 Å². The molecule has 0 saturated heterocycles. The molecule has 12 heteroatoms. The van der Waals surface area contributed by atoms with Crippen molar-refractivity contribution in [2.45, 2.75) is 39.4 Å². The second-order valence-electron chi connectivity index (χ2n) is 9.25. The number of nitrogens with one attached hydrogen (secondary N) is 1. The minimum absolute atomic E-state index is 0.0382. The maximum Gasteiger partial charge on any atom is 0.269 e. The van der Waals surface area contributed by atoms with E-state index in [0.717, 1.165) is 11.1 Å². The van der Waals surface area contributed by atoms with Crippen molar-refractivity contribution in [3.8, 4) is 0 Å². The van der Waals surface area contributed by atoms with Gasteiger partial charge in [-0.25, -0.2) is 14.4 Å². The first-order valence-electron chi connectivity index (χ1n) is 12.2. The molecule has 39 heavy (non-hydrogen) atoms. The molecule has 4 rings (SSSR count). The first kappa shape index (κ1) is 27.6. The molecule has 0 spiro atoms. The Hall–Kier alpha value is -4.38. The van der Waals surface area contributed by atoms with Crippen molar-refractivity contribution >= 4 is 40.2 Å². The van der Waals surface area contributed by atoms with Gasteiger partial charge in [0.1, 0.15) is 18.7 Å². The van der Waals surface area contributed by atoms with E-state index in [1.807, 2.05) is 6.07 Å². The second kappa shape index (κ2) is 12.0. The molecule has 0 aliphatic heterocycles. The number of hydrogen-bond acceptors (Lipinski definition) is 6. The van der Waals surface area contributed by atoms with Gasteiger partial charge in [0.15, 0.2) is 5.69 Å². The van der Waals surface area contributed by atoms with Gasteiger partial charge in [0.05, 0.1) is 17.1 Å². The Kier molecular flexibility index (Phi) is 8.50. The zero-order chi connectivity index (χ0) is 28.1. The number of halogens is 2. The topological polar surface area (TPSA) is 136 Å². The highest BCUT2D eigenvalue weighted by molar-refractivity contribution is 6.30. The average molecular weight is 552 g/mol. The number of hydrogen-bond donors (Lipinski definition) is 2. The van der Waals surface area contributed by atoms with Crippen LogP contribution in [0.25, 0.3) is 10.9 Å². The molecule has 0 aliphatic carbocycles. The predicted octanol–water partition coefficient (Wildman–Crippen LogP) is 2.86. The number of fused-ring (bicyclic) bond motifs is 1. The molecule has 0 atom stereocenters. The second-order valence-corrected chi connectivity index (χ2v) is 9.66. The van der Waals surface area contributed by atoms with Crippen LogP contribution in [-0.4, -0.2) is 55.0 Å². The zero-order valence-electron chi connectivity index (χ0n) is 21.4. The Morgan fingerprint density at radius 2 is 1.87 bits per heavy atom. The van der Waals surface area contributed by atoms with Gasteiger partial charge < -0.3 is 16.0 Å². The fourth-order valence-electron chi connectivity index (χ4n) is 4.16. The number of aromatic nitrogens is 4. The van der Waals surface area contributed by atoms with E-state index in [4.69, 9.17) is 17.3 Å². The van der Waals surface area contributed by atoms with Crippen LogP contribution in [0.2, 0.25) is 5.02 Å². The molecule has 10 nitrogen and oxygen atoms in total. The van der Waals surface area contributed by atoms with E-state index in [-0.39, 0.29) is 47.9 Å². The summed E-state index contributed by atoms with van der Waals surface area (Å²) in [5, 5.41) is 7.41. The van der Waals surface area contributed by atoms with Crippen LogP contribution in [0.15, 0.2) is 55.1 Å². The highest BCUT2D eigenvalue weighted by Crippen LogP contribution is 2.22. The van der Waals surface area contributed by atoms with E-state index in [1.165, 1.54) is 28.0 Å². The number of amides is 3. The zero-order valence-corrected chi connectivity index (χ0v) is 22.2. The maximum atomic E-state index is 14.1. The molecule has 2 heterocycles. The van der Waals surface area contributed by atoms with Gasteiger partial charge in [-0.3, -0.25) is 19.1 Å². The Morgan fingerprint density at radius 1 is 1.13 bits per heavy atom. The lowest BCUT2D eigenvalue weighted by Crippen LogP contribution is -2.45. The van der Waals surface area contributed by atoms with Gasteiger partial charge in [0, 0.05) is 42.4 Å². The molecule has 4 aromatic rings. The van der Waals surface area contributed by atoms with Crippen LogP contribution in [0.1, 0.15) is 41.0 Å². The molecule has 202 valence electrons. The summed E-state index contributed by atoms with van der Waals surface area (Å²) in [4.78, 5) is 47.5. The smallest absolute Gasteiger partial charge is 0.269 e. The Morgan fingerprint density at radius 3 is 2.56 bits per heavy atom. The maximum absolute atomic E-state index is 14.1. The van der Waals surface area contributed by atoms with Crippen LogP contribution in [0.4, 0.5) is 4.39 Å². The van der Waals surface area contributed by atoms with Gasteiger partial charge in [-0.15, -0.1) is 0 Å². The minimum atomic E-state index is -0.722. The summed E-state index contributed by atoms with van der Waals surface area (Å²) in [6, 6.07) is 9.65. The minimum Gasteiger partial charge on any atom is -0.364 e. The number of nitrogens with zero attached hydrogens (tertiary/aromatic N) is 5. The van der Waals surface area contributed by atoms with E-state index in [9.17, 15) is 18.8 Å². The average Bonchev–Trinajstić information content (AvgIpc) is 3.26. The van der Waals surface area contributed by atoms with E-state index in [2.05, 4.69) is 20.4 Å². The fourth-order valence-corrected chi connectivity index (χ4v) is 4.36. The molecule has 3 amide bonds. The van der Waals surface area contributed by atoms with E-state index >= 15 is 0 Å². The Bertz CT molecular complexity index is 1520. The number of rotatable bonds is 10. The molecule has 2 aromatic carbocycles. The van der Waals surface area contributed by atoms with E-state index < -0.39 is 17.6 Å². The van der Waals surface area contributed by atoms with Crippen molar-refractivity contribution in [2.24, 2.45) is 5.73 Å². The number of primary amides is 1. The van der Waals surface area contributed by atoms with Crippen molar-refractivity contribution in [1.29, 1.82) is 0 Å². The number of nitrogens with two attached hydrogens (primary N) is 1. The molecule has 0 unspecified atom stereocenters. The third-order valence-corrected chi connectivity index (χ3v) is 6.41. The van der Waals surface area contributed by atoms with Crippen LogP contribution in [0.5, 0.6) is 0 Å². The monoisotopic (exact) mass is 551 g/mol. The SMILES string of the molecule is CC(C)N(CC(=O)NCc1cccc(Cl)c1F)C(=O)Cn1nc(C(N)=O)c2cc(Cc3cncnc3)ccc21. The summed E-state index contributed by atoms with van der Waals surface area (Å²) in [6.45, 7) is 3.01. The van der Waals surface area contributed by atoms with E-state index in [1.54, 1.807) is 44.4 Å². The quantitative estimate of drug-likeness (QED) is 0.311. The van der Waals surface area contributed by atoms with Gasteiger partial charge in [-0.2, -0.15) is 5.10 Å². The molecular formula is C27H27ClFN7O3. The summed E-state index contributed by atoms with van der Waals surface area (Å²) in [7, 11) is 0. The first-order valence-corrected chi connectivity index (χ1v) is 12.5. The Labute approximate surface area is 229 Å². The molecule has 2 aromatic heterocycles. The van der Waals surface area contributed by atoms with Gasteiger partial charge >= 0.3 is 0 Å². The van der Waals surface area contributed by atoms with E-state index in [0.29, 0.717) is 17.3 Å². The van der Waals surface area contributed by atoms with Crippen molar-refractivity contribution in [3.05, 3.63) is 88.3 Å². The summed E-state index contributed by atoms with van der Waals surface area (Å²) in [5.41, 5.74) is 8.20. The van der Waals surface area contributed by atoms with Crippen molar-refractivity contribution in [2.75, 3.05) is 6.54 Å². The van der Waals surface area contributed by atoms with Crippen LogP contribution in [0.3, 0.4) is 0 Å². The van der Waals surface area contributed by atoms with Crippen molar-refractivity contribution in [1.82, 2.24) is 30.0 Å². The first-order chi connectivity index (χ1) is 18.6. The van der Waals surface area contributed by atoms with Crippen LogP contribution in [0, 0.1) is 5.82 Å².